The third-order valence-electron chi connectivity index (χ3n) is 5.63. The summed E-state index contributed by atoms with van der Waals surface area (Å²) >= 11 is 2.22. The Kier molecular flexibility index (Phi) is 7.54. The summed E-state index contributed by atoms with van der Waals surface area (Å²) in [6.07, 6.45) is 1.16. The maximum atomic E-state index is 13.3. The van der Waals surface area contributed by atoms with Gasteiger partial charge < -0.3 is 31.3 Å². The van der Waals surface area contributed by atoms with Crippen LogP contribution in [0.4, 0.5) is 5.13 Å². The van der Waals surface area contributed by atoms with Crippen LogP contribution in [0.3, 0.4) is 0 Å². The largest absolute Gasteiger partial charge is 0.507 e. The minimum Gasteiger partial charge on any atom is -0.507 e. The number of nitrogens with two attached hydrogens (primary N) is 1. The van der Waals surface area contributed by atoms with E-state index in [1.165, 1.54) is 30.1 Å². The quantitative estimate of drug-likeness (QED) is 0.211. The Morgan fingerprint density at radius 2 is 2.08 bits per heavy atom. The van der Waals surface area contributed by atoms with Crippen molar-refractivity contribution in [3.63, 3.8) is 0 Å². The van der Waals surface area contributed by atoms with E-state index in [1.807, 2.05) is 0 Å². The number of β-lactam (4-membered cyclic amide) rings is 1. The first-order valence-corrected chi connectivity index (χ1v) is 12.9. The number of thiazole rings is 1. The summed E-state index contributed by atoms with van der Waals surface area (Å²) in [4.78, 5) is 71.2. The van der Waals surface area contributed by atoms with Crippen molar-refractivity contribution in [3.05, 3.63) is 45.9 Å². The predicted octanol–water partition coefficient (Wildman–Crippen LogP) is -0.0929. The SMILES string of the molecule is CC(=O)OCC1=C(C(=O)O)N2C(=O)[C@@H](NC(=O)C(NC(=O)c3cnc(C)cc3O)c3csc(N)n3)[C@H]2SC1. The molecule has 0 aromatic carbocycles. The van der Waals surface area contributed by atoms with E-state index in [0.717, 1.165) is 22.4 Å². The van der Waals surface area contributed by atoms with Crippen LogP contribution in [0.2, 0.25) is 0 Å². The van der Waals surface area contributed by atoms with Crippen molar-refractivity contribution in [3.8, 4) is 5.75 Å². The number of nitrogen functional groups attached to an aromatic ring is 1. The molecular formula is C22H22N6O8S2. The number of carboxylic acids is 1. The maximum absolute atomic E-state index is 13.3. The number of hydrogen-bond donors (Lipinski definition) is 5. The van der Waals surface area contributed by atoms with Gasteiger partial charge in [0.15, 0.2) is 11.2 Å². The van der Waals surface area contributed by atoms with Crippen LogP contribution in [0.25, 0.3) is 0 Å². The van der Waals surface area contributed by atoms with Gasteiger partial charge in [-0.05, 0) is 6.92 Å². The lowest BCUT2D eigenvalue weighted by atomic mass is 10.0. The van der Waals surface area contributed by atoms with Gasteiger partial charge in [0.05, 0.1) is 11.3 Å². The zero-order valence-electron chi connectivity index (χ0n) is 20.0. The molecule has 3 atom stereocenters. The molecule has 4 rings (SSSR count). The van der Waals surface area contributed by atoms with Crippen LogP contribution in [-0.4, -0.2) is 78.5 Å². The van der Waals surface area contributed by atoms with Gasteiger partial charge in [0, 0.05) is 41.6 Å². The molecule has 2 aliphatic heterocycles. The Morgan fingerprint density at radius 3 is 2.68 bits per heavy atom. The lowest BCUT2D eigenvalue weighted by Gasteiger charge is -2.49. The molecule has 2 aromatic rings. The molecule has 2 aromatic heterocycles. The molecule has 14 nitrogen and oxygen atoms in total. The number of carbonyl (C=O) groups excluding carboxylic acids is 4. The Bertz CT molecular complexity index is 1380. The lowest BCUT2D eigenvalue weighted by molar-refractivity contribution is -0.151. The standard InChI is InChI=1S/C22H22N6O8S2/c1-8-3-13(30)11(4-24-8)17(31)26-14(12-7-38-22(23)25-12)18(32)27-15-19(33)28-16(21(34)35)10(5-36-9(2)29)6-37-20(15)28/h3-4,7,14-15,20H,5-6H2,1-2H3,(H2,23,25)(H,24,30)(H,26,31)(H,27,32)(H,34,35)/t14?,15-,20-/m1/s1. The van der Waals surface area contributed by atoms with Gasteiger partial charge in [0.2, 0.25) is 5.91 Å². The summed E-state index contributed by atoms with van der Waals surface area (Å²) in [5.74, 6) is -4.46. The first-order chi connectivity index (χ1) is 18.0. The number of rotatable bonds is 8. The molecule has 6 N–H and O–H groups in total. The van der Waals surface area contributed by atoms with Gasteiger partial charge in [-0.25, -0.2) is 9.78 Å². The smallest absolute Gasteiger partial charge is 0.352 e. The first-order valence-electron chi connectivity index (χ1n) is 11.0. The summed E-state index contributed by atoms with van der Waals surface area (Å²) in [5, 5.41) is 25.7. The molecule has 200 valence electrons. The summed E-state index contributed by atoms with van der Waals surface area (Å²) in [5.41, 5.74) is 6.06. The zero-order valence-corrected chi connectivity index (χ0v) is 21.6. The van der Waals surface area contributed by atoms with E-state index in [9.17, 15) is 34.2 Å². The maximum Gasteiger partial charge on any atom is 0.352 e. The first kappa shape index (κ1) is 26.9. The molecule has 0 bridgehead atoms. The molecule has 2 aliphatic rings. The normalized spacial score (nSPS) is 19.2. The summed E-state index contributed by atoms with van der Waals surface area (Å²) < 4.78 is 4.91. The molecule has 38 heavy (non-hydrogen) atoms. The number of thioether (sulfide) groups is 1. The minimum absolute atomic E-state index is 0.104. The number of hydrogen-bond acceptors (Lipinski definition) is 12. The molecule has 0 aliphatic carbocycles. The molecule has 1 saturated heterocycles. The number of nitrogens with zero attached hydrogens (tertiary/aromatic N) is 3. The molecule has 0 saturated carbocycles. The summed E-state index contributed by atoms with van der Waals surface area (Å²) in [6.45, 7) is 2.53. The van der Waals surface area contributed by atoms with Gasteiger partial charge in [-0.3, -0.25) is 29.1 Å². The highest BCUT2D eigenvalue weighted by Crippen LogP contribution is 2.40. The number of ether oxygens (including phenoxy) is 1. The Morgan fingerprint density at radius 1 is 1.34 bits per heavy atom. The second-order valence-electron chi connectivity index (χ2n) is 8.29. The van der Waals surface area contributed by atoms with E-state index >= 15 is 0 Å². The van der Waals surface area contributed by atoms with Crippen LogP contribution in [-0.2, 0) is 23.9 Å². The summed E-state index contributed by atoms with van der Waals surface area (Å²) in [6, 6.07) is -1.20. The third kappa shape index (κ3) is 5.26. The predicted molar refractivity (Wildman–Crippen MR) is 134 cm³/mol. The van der Waals surface area contributed by atoms with Crippen LogP contribution >= 0.6 is 23.1 Å². The number of aromatic nitrogens is 2. The van der Waals surface area contributed by atoms with Crippen LogP contribution < -0.4 is 16.4 Å². The number of fused-ring (bicyclic) bond motifs is 1. The fourth-order valence-electron chi connectivity index (χ4n) is 3.86. The minimum atomic E-state index is -1.39. The van der Waals surface area contributed by atoms with Crippen molar-refractivity contribution < 1.29 is 38.9 Å². The van der Waals surface area contributed by atoms with E-state index in [1.54, 1.807) is 6.92 Å². The van der Waals surface area contributed by atoms with Gasteiger partial charge >= 0.3 is 11.9 Å². The fourth-order valence-corrected chi connectivity index (χ4v) is 5.77. The third-order valence-corrected chi connectivity index (χ3v) is 7.67. The van der Waals surface area contributed by atoms with Gasteiger partial charge in [-0.2, -0.15) is 0 Å². The highest BCUT2D eigenvalue weighted by atomic mass is 32.2. The number of carbonyl (C=O) groups is 5. The number of carboxylic acid groups (broad SMARTS) is 1. The zero-order chi connectivity index (χ0) is 27.7. The molecule has 0 spiro atoms. The van der Waals surface area contributed by atoms with E-state index in [0.29, 0.717) is 5.69 Å². The molecule has 1 fully saturated rings. The van der Waals surface area contributed by atoms with Crippen molar-refractivity contribution in [1.29, 1.82) is 0 Å². The molecule has 0 radical (unpaired) electrons. The van der Waals surface area contributed by atoms with E-state index in [4.69, 9.17) is 10.5 Å². The highest BCUT2D eigenvalue weighted by Gasteiger charge is 2.54. The van der Waals surface area contributed by atoms with E-state index < -0.39 is 47.1 Å². The molecule has 16 heteroatoms. The summed E-state index contributed by atoms with van der Waals surface area (Å²) in [7, 11) is 0. The van der Waals surface area contributed by atoms with Gasteiger partial charge in [-0.1, -0.05) is 0 Å². The number of pyridine rings is 1. The molecule has 1 unspecified atom stereocenters. The van der Waals surface area contributed by atoms with Gasteiger partial charge in [0.25, 0.3) is 11.8 Å². The Labute approximate surface area is 223 Å². The second-order valence-corrected chi connectivity index (χ2v) is 10.3. The van der Waals surface area contributed by atoms with E-state index in [2.05, 4.69) is 20.6 Å². The van der Waals surface area contributed by atoms with Crippen LogP contribution in [0.15, 0.2) is 28.9 Å². The highest BCUT2D eigenvalue weighted by molar-refractivity contribution is 8.00. The van der Waals surface area contributed by atoms with E-state index in [-0.39, 0.29) is 45.8 Å². The monoisotopic (exact) mass is 562 g/mol. The topological polar surface area (TPSA) is 214 Å². The number of esters is 1. The second kappa shape index (κ2) is 10.7. The number of aliphatic carboxylic acids is 1. The van der Waals surface area contributed by atoms with Crippen LogP contribution in [0.1, 0.15) is 34.7 Å². The van der Waals surface area contributed by atoms with Gasteiger partial charge in [0.1, 0.15) is 29.5 Å². The van der Waals surface area contributed by atoms with Crippen LogP contribution in [0, 0.1) is 6.92 Å². The fraction of sp³-hybridized carbons (Fsp3) is 0.318. The van der Waals surface area contributed by atoms with Crippen molar-refractivity contribution in [2.45, 2.75) is 31.3 Å². The van der Waals surface area contributed by atoms with Crippen LogP contribution in [0.5, 0.6) is 5.75 Å². The number of anilines is 1. The number of amides is 3. The number of nitrogens with one attached hydrogen (secondary N) is 2. The molecule has 3 amide bonds. The molecular weight excluding hydrogens is 540 g/mol. The van der Waals surface area contributed by atoms with Crippen molar-refractivity contribution in [2.24, 2.45) is 0 Å². The van der Waals surface area contributed by atoms with Gasteiger partial charge in [-0.15, -0.1) is 23.1 Å². The molecule has 4 heterocycles. The van der Waals surface area contributed by atoms with Crippen molar-refractivity contribution in [2.75, 3.05) is 18.1 Å². The number of aromatic hydroxyl groups is 1. The average Bonchev–Trinajstić information content (AvgIpc) is 3.29. The van der Waals surface area contributed by atoms with Crippen molar-refractivity contribution >= 4 is 57.9 Å². The van der Waals surface area contributed by atoms with Crippen molar-refractivity contribution in [1.82, 2.24) is 25.5 Å². The Hall–Kier alpha value is -4.18. The number of aryl methyl sites for hydroxylation is 1. The Balaban J connectivity index is 1.53. The average molecular weight is 563 g/mol. The lowest BCUT2D eigenvalue weighted by Crippen LogP contribution is -2.71.